The third kappa shape index (κ3) is 1.72. The largest absolute Gasteiger partial charge is 0.276 e. The molecule has 1 amide bonds. The molecule has 0 bridgehead atoms. The quantitative estimate of drug-likeness (QED) is 0.742. The van der Waals surface area contributed by atoms with Gasteiger partial charge in [0.25, 0.3) is 5.91 Å². The number of carbonyl (C=O) groups excluding carboxylic acids is 1. The molecule has 0 radical (unpaired) electrons. The Bertz CT molecular complexity index is 624. The van der Waals surface area contributed by atoms with Gasteiger partial charge in [-0.15, -0.1) is 10.2 Å². The van der Waals surface area contributed by atoms with Crippen molar-refractivity contribution in [2.75, 3.05) is 0 Å². The van der Waals surface area contributed by atoms with E-state index >= 15 is 0 Å². The summed E-state index contributed by atoms with van der Waals surface area (Å²) in [5.74, 6) is -0.937. The number of fused-ring (bicyclic) bond motifs is 1. The van der Waals surface area contributed by atoms with Crippen molar-refractivity contribution >= 4 is 11.6 Å². The van der Waals surface area contributed by atoms with Crippen LogP contribution in [0.4, 0.5) is 4.39 Å². The van der Waals surface area contributed by atoms with Gasteiger partial charge in [0.2, 0.25) is 0 Å². The zero-order valence-corrected chi connectivity index (χ0v) is 9.38. The highest BCUT2D eigenvalue weighted by molar-refractivity contribution is 5.91. The van der Waals surface area contributed by atoms with Crippen LogP contribution in [0.1, 0.15) is 5.56 Å². The Morgan fingerprint density at radius 1 is 1.06 bits per heavy atom. The zero-order valence-electron chi connectivity index (χ0n) is 9.38. The molecule has 3 rings (SSSR count). The van der Waals surface area contributed by atoms with Crippen LogP contribution in [0.2, 0.25) is 0 Å². The molecule has 0 spiro atoms. The molecule has 0 saturated carbocycles. The lowest BCUT2D eigenvalue weighted by atomic mass is 9.89. The molecule has 1 aromatic rings. The molecule has 0 fully saturated rings. The van der Waals surface area contributed by atoms with E-state index < -0.39 is 0 Å². The molecule has 0 N–H and O–H groups in total. The van der Waals surface area contributed by atoms with Gasteiger partial charge in [0.15, 0.2) is 0 Å². The standard InChI is InChI=1S/C14H9FN2O/c15-10-7-5-9(6-8-10)13-11-3-1-2-4-12(11)14(18)17-16-13/h1-8,12H. The third-order valence-corrected chi connectivity index (χ3v) is 2.93. The van der Waals surface area contributed by atoms with Gasteiger partial charge >= 0.3 is 0 Å². The Morgan fingerprint density at radius 3 is 2.61 bits per heavy atom. The van der Waals surface area contributed by atoms with Crippen molar-refractivity contribution in [3.05, 3.63) is 65.5 Å². The van der Waals surface area contributed by atoms with Crippen molar-refractivity contribution in [3.8, 4) is 0 Å². The fourth-order valence-corrected chi connectivity index (χ4v) is 2.03. The maximum atomic E-state index is 12.9. The van der Waals surface area contributed by atoms with Crippen molar-refractivity contribution in [2.45, 2.75) is 0 Å². The molecule has 88 valence electrons. The number of amides is 1. The average Bonchev–Trinajstić information content (AvgIpc) is 2.41. The van der Waals surface area contributed by atoms with Gasteiger partial charge in [-0.25, -0.2) is 4.39 Å². The molecule has 1 aromatic carbocycles. The molecule has 1 unspecified atom stereocenters. The van der Waals surface area contributed by atoms with Crippen molar-refractivity contribution < 1.29 is 9.18 Å². The van der Waals surface area contributed by atoms with E-state index in [4.69, 9.17) is 0 Å². The number of carbonyl (C=O) groups is 1. The summed E-state index contributed by atoms with van der Waals surface area (Å²) < 4.78 is 12.9. The predicted octanol–water partition coefficient (Wildman–Crippen LogP) is 3.27. The van der Waals surface area contributed by atoms with Crippen molar-refractivity contribution in [3.63, 3.8) is 0 Å². The van der Waals surface area contributed by atoms with Crippen LogP contribution in [0.25, 0.3) is 5.70 Å². The van der Waals surface area contributed by atoms with Gasteiger partial charge in [0.05, 0.1) is 11.6 Å². The Labute approximate surface area is 103 Å². The second kappa shape index (κ2) is 4.14. The van der Waals surface area contributed by atoms with Crippen LogP contribution in [0.3, 0.4) is 0 Å². The van der Waals surface area contributed by atoms with Gasteiger partial charge in [0.1, 0.15) is 5.82 Å². The Hall–Kier alpha value is -2.36. The lowest BCUT2D eigenvalue weighted by molar-refractivity contribution is -0.119. The monoisotopic (exact) mass is 240 g/mol. The fraction of sp³-hybridized carbons (Fsp3) is 0.0714. The minimum Gasteiger partial charge on any atom is -0.270 e. The van der Waals surface area contributed by atoms with Gasteiger partial charge in [0, 0.05) is 5.56 Å². The van der Waals surface area contributed by atoms with Crippen LogP contribution in [0.15, 0.2) is 64.4 Å². The Kier molecular flexibility index (Phi) is 2.48. The fourth-order valence-electron chi connectivity index (χ4n) is 2.03. The Morgan fingerprint density at radius 2 is 1.83 bits per heavy atom. The molecule has 1 heterocycles. The van der Waals surface area contributed by atoms with Crippen LogP contribution in [-0.2, 0) is 4.79 Å². The number of benzene rings is 1. The molecule has 0 saturated heterocycles. The average molecular weight is 240 g/mol. The maximum Gasteiger partial charge on any atom is 0.276 e. The van der Waals surface area contributed by atoms with E-state index in [0.717, 1.165) is 11.1 Å². The topological polar surface area (TPSA) is 41.8 Å². The summed E-state index contributed by atoms with van der Waals surface area (Å²) in [6, 6.07) is 6.00. The molecule has 18 heavy (non-hydrogen) atoms. The van der Waals surface area contributed by atoms with Gasteiger partial charge in [-0.3, -0.25) is 4.79 Å². The molecule has 4 heteroatoms. The predicted molar refractivity (Wildman–Crippen MR) is 65.0 cm³/mol. The summed E-state index contributed by atoms with van der Waals surface area (Å²) in [6.07, 6.45) is 7.30. The van der Waals surface area contributed by atoms with E-state index in [1.165, 1.54) is 12.1 Å². The summed E-state index contributed by atoms with van der Waals surface area (Å²) in [5, 5.41) is 7.59. The summed E-state index contributed by atoms with van der Waals surface area (Å²) in [7, 11) is 0. The molecule has 1 aliphatic heterocycles. The van der Waals surface area contributed by atoms with Crippen LogP contribution < -0.4 is 0 Å². The SMILES string of the molecule is O=C1N=NC(c2ccc(F)cc2)=C2C=CC=CC12. The van der Waals surface area contributed by atoms with Gasteiger partial charge < -0.3 is 0 Å². The highest BCUT2D eigenvalue weighted by Crippen LogP contribution is 2.33. The second-order valence-corrected chi connectivity index (χ2v) is 4.07. The summed E-state index contributed by atoms with van der Waals surface area (Å²) in [5.41, 5.74) is 2.19. The number of hydrogen-bond acceptors (Lipinski definition) is 2. The summed E-state index contributed by atoms with van der Waals surface area (Å²) in [6.45, 7) is 0. The third-order valence-electron chi connectivity index (χ3n) is 2.93. The zero-order chi connectivity index (χ0) is 12.5. The van der Waals surface area contributed by atoms with Crippen LogP contribution in [0.5, 0.6) is 0 Å². The maximum absolute atomic E-state index is 12.9. The minimum atomic E-state index is -0.368. The number of nitrogens with zero attached hydrogens (tertiary/aromatic N) is 2. The van der Waals surface area contributed by atoms with E-state index in [9.17, 15) is 9.18 Å². The van der Waals surface area contributed by atoms with Crippen molar-refractivity contribution in [1.82, 2.24) is 0 Å². The van der Waals surface area contributed by atoms with Gasteiger partial charge in [-0.05, 0) is 29.8 Å². The molecule has 1 atom stereocenters. The minimum absolute atomic E-state index is 0.267. The highest BCUT2D eigenvalue weighted by atomic mass is 19.1. The van der Waals surface area contributed by atoms with Crippen LogP contribution in [0, 0.1) is 11.7 Å². The normalized spacial score (nSPS) is 21.4. The molecule has 1 aliphatic carbocycles. The first-order valence-corrected chi connectivity index (χ1v) is 5.56. The first kappa shape index (κ1) is 10.8. The molecule has 3 nitrogen and oxygen atoms in total. The first-order valence-electron chi connectivity index (χ1n) is 5.56. The van der Waals surface area contributed by atoms with E-state index in [-0.39, 0.29) is 17.6 Å². The molecule has 0 aromatic heterocycles. The Balaban J connectivity index is 2.13. The molecular weight excluding hydrogens is 231 g/mol. The van der Waals surface area contributed by atoms with Crippen LogP contribution in [-0.4, -0.2) is 5.91 Å². The second-order valence-electron chi connectivity index (χ2n) is 4.07. The van der Waals surface area contributed by atoms with E-state index in [1.54, 1.807) is 18.2 Å². The number of allylic oxidation sites excluding steroid dienone is 3. The number of hydrogen-bond donors (Lipinski definition) is 0. The smallest absolute Gasteiger partial charge is 0.270 e. The summed E-state index contributed by atoms with van der Waals surface area (Å²) >= 11 is 0. The highest BCUT2D eigenvalue weighted by Gasteiger charge is 2.27. The first-order chi connectivity index (χ1) is 8.75. The molecule has 2 aliphatic rings. The van der Waals surface area contributed by atoms with E-state index in [0.29, 0.717) is 5.70 Å². The number of halogens is 1. The van der Waals surface area contributed by atoms with Gasteiger partial charge in [-0.2, -0.15) is 0 Å². The lowest BCUT2D eigenvalue weighted by Gasteiger charge is -2.19. The number of azo groups is 1. The van der Waals surface area contributed by atoms with Crippen LogP contribution >= 0.6 is 0 Å². The summed E-state index contributed by atoms with van der Waals surface area (Å²) in [4.78, 5) is 11.6. The van der Waals surface area contributed by atoms with Crippen molar-refractivity contribution in [1.29, 1.82) is 0 Å². The molecular formula is C14H9FN2O. The van der Waals surface area contributed by atoms with E-state index in [2.05, 4.69) is 10.2 Å². The lowest BCUT2D eigenvalue weighted by Crippen LogP contribution is -2.17. The van der Waals surface area contributed by atoms with Crippen molar-refractivity contribution in [2.24, 2.45) is 16.1 Å². The number of rotatable bonds is 1. The van der Waals surface area contributed by atoms with Gasteiger partial charge in [-0.1, -0.05) is 24.3 Å². The van der Waals surface area contributed by atoms with E-state index in [1.807, 2.05) is 18.2 Å².